The Morgan fingerprint density at radius 3 is 2.56 bits per heavy atom. The molecular formula is C17H21F3N4S. The number of aliphatic imine (C=N–C) groups is 1. The van der Waals surface area contributed by atoms with Crippen LogP contribution in [0.25, 0.3) is 0 Å². The van der Waals surface area contributed by atoms with Crippen molar-refractivity contribution in [3.8, 4) is 0 Å². The van der Waals surface area contributed by atoms with Crippen LogP contribution in [0.15, 0.2) is 40.7 Å². The number of thiazole rings is 1. The first kappa shape index (κ1) is 19.2. The van der Waals surface area contributed by atoms with E-state index in [0.717, 1.165) is 29.7 Å². The number of hydrogen-bond acceptors (Lipinski definition) is 3. The summed E-state index contributed by atoms with van der Waals surface area (Å²) in [7, 11) is 0. The molecule has 8 heteroatoms. The van der Waals surface area contributed by atoms with E-state index in [1.165, 1.54) is 5.56 Å². The van der Waals surface area contributed by atoms with Gasteiger partial charge in [0.25, 0.3) is 0 Å². The van der Waals surface area contributed by atoms with Crippen LogP contribution in [0.1, 0.15) is 23.2 Å². The first-order chi connectivity index (χ1) is 12.0. The van der Waals surface area contributed by atoms with Crippen molar-refractivity contribution in [1.82, 2.24) is 15.6 Å². The number of nitrogens with one attached hydrogen (secondary N) is 2. The zero-order valence-corrected chi connectivity index (χ0v) is 14.8. The highest BCUT2D eigenvalue weighted by Crippen LogP contribution is 2.30. The summed E-state index contributed by atoms with van der Waals surface area (Å²) < 4.78 is 37.6. The van der Waals surface area contributed by atoms with Crippen molar-refractivity contribution >= 4 is 17.3 Å². The van der Waals surface area contributed by atoms with Crippen molar-refractivity contribution in [1.29, 1.82) is 0 Å². The maximum atomic E-state index is 12.5. The van der Waals surface area contributed by atoms with Crippen molar-refractivity contribution in [2.24, 2.45) is 4.99 Å². The van der Waals surface area contributed by atoms with Gasteiger partial charge in [-0.3, -0.25) is 4.99 Å². The van der Waals surface area contributed by atoms with Crippen LogP contribution in [-0.2, 0) is 19.0 Å². The summed E-state index contributed by atoms with van der Waals surface area (Å²) in [4.78, 5) is 8.00. The van der Waals surface area contributed by atoms with E-state index in [2.05, 4.69) is 32.7 Å². The van der Waals surface area contributed by atoms with Gasteiger partial charge in [0.2, 0.25) is 0 Å². The second-order valence-electron chi connectivity index (χ2n) is 5.30. The molecule has 1 aromatic heterocycles. The lowest BCUT2D eigenvalue weighted by atomic mass is 10.1. The molecule has 136 valence electrons. The van der Waals surface area contributed by atoms with Crippen molar-refractivity contribution in [2.75, 3.05) is 19.6 Å². The van der Waals surface area contributed by atoms with Gasteiger partial charge < -0.3 is 10.6 Å². The van der Waals surface area contributed by atoms with E-state index in [1.54, 1.807) is 0 Å². The summed E-state index contributed by atoms with van der Waals surface area (Å²) in [5, 5.41) is 7.84. The Hall–Kier alpha value is -2.09. The molecule has 2 N–H and O–H groups in total. The molecule has 0 atom stereocenters. The summed E-state index contributed by atoms with van der Waals surface area (Å²) in [5.41, 5.74) is 0.401. The molecule has 0 aliphatic rings. The summed E-state index contributed by atoms with van der Waals surface area (Å²) in [6.45, 7) is 3.79. The number of guanidine groups is 1. The van der Waals surface area contributed by atoms with Gasteiger partial charge in [-0.15, -0.1) is 11.3 Å². The Labute approximate surface area is 149 Å². The van der Waals surface area contributed by atoms with Gasteiger partial charge in [0.15, 0.2) is 11.7 Å². The van der Waals surface area contributed by atoms with Gasteiger partial charge in [-0.25, -0.2) is 4.98 Å². The Morgan fingerprint density at radius 2 is 1.92 bits per heavy atom. The summed E-state index contributed by atoms with van der Waals surface area (Å²) in [5.74, 6) is 0.658. The van der Waals surface area contributed by atoms with Gasteiger partial charge in [-0.2, -0.15) is 13.2 Å². The maximum Gasteiger partial charge on any atom is 0.434 e. The van der Waals surface area contributed by atoms with Crippen LogP contribution in [0.4, 0.5) is 13.2 Å². The third-order valence-electron chi connectivity index (χ3n) is 3.33. The van der Waals surface area contributed by atoms with E-state index < -0.39 is 11.9 Å². The molecule has 1 aromatic carbocycles. The van der Waals surface area contributed by atoms with Crippen molar-refractivity contribution in [3.05, 3.63) is 52.0 Å². The average Bonchev–Trinajstić information content (AvgIpc) is 3.05. The number of rotatable bonds is 7. The Morgan fingerprint density at radius 1 is 1.16 bits per heavy atom. The first-order valence-electron chi connectivity index (χ1n) is 8.06. The Kier molecular flexibility index (Phi) is 7.24. The van der Waals surface area contributed by atoms with Crippen LogP contribution in [0, 0.1) is 0 Å². The second-order valence-corrected chi connectivity index (χ2v) is 6.24. The van der Waals surface area contributed by atoms with Gasteiger partial charge in [0.05, 0.1) is 5.01 Å². The van der Waals surface area contributed by atoms with Crippen molar-refractivity contribution in [3.63, 3.8) is 0 Å². The molecule has 0 bridgehead atoms. The topological polar surface area (TPSA) is 49.3 Å². The lowest BCUT2D eigenvalue weighted by Gasteiger charge is -2.11. The predicted molar refractivity (Wildman–Crippen MR) is 94.9 cm³/mol. The zero-order valence-electron chi connectivity index (χ0n) is 13.9. The molecule has 0 spiro atoms. The van der Waals surface area contributed by atoms with Crippen LogP contribution in [-0.4, -0.2) is 30.6 Å². The number of nitrogens with zero attached hydrogens (tertiary/aromatic N) is 2. The largest absolute Gasteiger partial charge is 0.434 e. The molecule has 1 heterocycles. The van der Waals surface area contributed by atoms with Crippen LogP contribution >= 0.6 is 11.3 Å². The highest BCUT2D eigenvalue weighted by atomic mass is 32.1. The van der Waals surface area contributed by atoms with E-state index in [1.807, 2.05) is 25.1 Å². The monoisotopic (exact) mass is 370 g/mol. The average molecular weight is 370 g/mol. The standard InChI is InChI=1S/C17H21F3N4S/c1-2-21-16(22-10-8-13-6-4-3-5-7-13)23-11-9-15-24-14(12-25-15)17(18,19)20/h3-7,12H,2,8-11H2,1H3,(H2,21,22,23). The lowest BCUT2D eigenvalue weighted by molar-refractivity contribution is -0.140. The number of hydrogen-bond donors (Lipinski definition) is 2. The Bertz CT molecular complexity index is 668. The summed E-state index contributed by atoms with van der Waals surface area (Å²) in [6.07, 6.45) is -3.13. The minimum Gasteiger partial charge on any atom is -0.357 e. The number of alkyl halides is 3. The fourth-order valence-electron chi connectivity index (χ4n) is 2.13. The molecule has 2 rings (SSSR count). The SMILES string of the molecule is CCNC(=NCCc1nc(C(F)(F)F)cs1)NCCc1ccccc1. The van der Waals surface area contributed by atoms with E-state index in [9.17, 15) is 13.2 Å². The number of halogens is 3. The first-order valence-corrected chi connectivity index (χ1v) is 8.94. The molecule has 0 radical (unpaired) electrons. The minimum atomic E-state index is -4.38. The number of benzene rings is 1. The van der Waals surface area contributed by atoms with Crippen LogP contribution in [0.3, 0.4) is 0 Å². The minimum absolute atomic E-state index is 0.380. The van der Waals surface area contributed by atoms with Gasteiger partial charge in [-0.1, -0.05) is 30.3 Å². The van der Waals surface area contributed by atoms with Gasteiger partial charge in [0.1, 0.15) is 0 Å². The molecule has 2 aromatic rings. The van der Waals surface area contributed by atoms with Crippen LogP contribution < -0.4 is 10.6 Å². The normalized spacial score (nSPS) is 12.2. The van der Waals surface area contributed by atoms with E-state index in [4.69, 9.17) is 0 Å². The fourth-order valence-corrected chi connectivity index (χ4v) is 2.93. The molecule has 0 amide bonds. The molecule has 0 fully saturated rings. The van der Waals surface area contributed by atoms with Crippen LogP contribution in [0.5, 0.6) is 0 Å². The predicted octanol–water partition coefficient (Wildman–Crippen LogP) is 3.50. The molecule has 0 saturated carbocycles. The summed E-state index contributed by atoms with van der Waals surface area (Å²) in [6, 6.07) is 10.1. The third kappa shape index (κ3) is 6.74. The highest BCUT2D eigenvalue weighted by molar-refractivity contribution is 7.09. The molecule has 25 heavy (non-hydrogen) atoms. The highest BCUT2D eigenvalue weighted by Gasteiger charge is 2.33. The molecule has 0 unspecified atom stereocenters. The van der Waals surface area contributed by atoms with E-state index in [-0.39, 0.29) is 0 Å². The zero-order chi connectivity index (χ0) is 18.1. The third-order valence-corrected chi connectivity index (χ3v) is 4.24. The van der Waals surface area contributed by atoms with Crippen molar-refractivity contribution < 1.29 is 13.2 Å². The molecule has 0 saturated heterocycles. The van der Waals surface area contributed by atoms with Gasteiger partial charge in [-0.05, 0) is 18.9 Å². The quantitative estimate of drug-likeness (QED) is 0.579. The summed E-state index contributed by atoms with van der Waals surface area (Å²) >= 11 is 1.02. The molecule has 0 aliphatic carbocycles. The number of aromatic nitrogens is 1. The van der Waals surface area contributed by atoms with E-state index >= 15 is 0 Å². The smallest absolute Gasteiger partial charge is 0.357 e. The maximum absolute atomic E-state index is 12.5. The molecule has 0 aliphatic heterocycles. The van der Waals surface area contributed by atoms with Crippen molar-refractivity contribution in [2.45, 2.75) is 25.9 Å². The van der Waals surface area contributed by atoms with Crippen LogP contribution in [0.2, 0.25) is 0 Å². The van der Waals surface area contributed by atoms with Gasteiger partial charge >= 0.3 is 6.18 Å². The van der Waals surface area contributed by atoms with E-state index in [0.29, 0.717) is 30.5 Å². The fraction of sp³-hybridized carbons (Fsp3) is 0.412. The van der Waals surface area contributed by atoms with Gasteiger partial charge in [0, 0.05) is 31.4 Å². The lowest BCUT2D eigenvalue weighted by Crippen LogP contribution is -2.38. The molecule has 4 nitrogen and oxygen atoms in total. The Balaban J connectivity index is 1.81. The molecular weight excluding hydrogens is 349 g/mol. The second kappa shape index (κ2) is 9.41.